The van der Waals surface area contributed by atoms with Gasteiger partial charge in [0.25, 0.3) is 11.8 Å². The number of anilines is 3. The molecule has 1 fully saturated rings. The average molecular weight is 522 g/mol. The van der Waals surface area contributed by atoms with Gasteiger partial charge in [-0.05, 0) is 72.9 Å². The van der Waals surface area contributed by atoms with Gasteiger partial charge in [0, 0.05) is 41.8 Å². The number of pyridine rings is 1. The lowest BCUT2D eigenvalue weighted by molar-refractivity contribution is 0.0942. The Morgan fingerprint density at radius 3 is 2.46 bits per heavy atom. The summed E-state index contributed by atoms with van der Waals surface area (Å²) in [5.41, 5.74) is 9.37. The van der Waals surface area contributed by atoms with Crippen LogP contribution in [0.1, 0.15) is 50.4 Å². The molecule has 9 nitrogen and oxygen atoms in total. The maximum absolute atomic E-state index is 13.0. The number of hydrogen-bond acceptors (Lipinski definition) is 7. The van der Waals surface area contributed by atoms with Gasteiger partial charge >= 0.3 is 0 Å². The SMILES string of the molecule is Nc1nc(Nc2ccc(C#Cc3cc(C(=O)NC4CC4)ccn3)cc2)ncc1C(=O)NCc1ccc(F)cc1. The topological polar surface area (TPSA) is 135 Å². The molecule has 2 amide bonds. The quantitative estimate of drug-likeness (QED) is 0.273. The van der Waals surface area contributed by atoms with Gasteiger partial charge in [0.1, 0.15) is 17.3 Å². The molecule has 1 aliphatic carbocycles. The third-order valence-electron chi connectivity index (χ3n) is 5.84. The molecule has 2 heterocycles. The van der Waals surface area contributed by atoms with E-state index in [0.717, 1.165) is 24.0 Å². The van der Waals surface area contributed by atoms with Crippen molar-refractivity contribution in [2.75, 3.05) is 11.1 Å². The van der Waals surface area contributed by atoms with Crippen LogP contribution in [0.3, 0.4) is 0 Å². The Bertz CT molecular complexity index is 1570. The van der Waals surface area contributed by atoms with E-state index in [2.05, 4.69) is 42.7 Å². The molecule has 2 aromatic heterocycles. The van der Waals surface area contributed by atoms with Crippen LogP contribution in [0.2, 0.25) is 0 Å². The molecular formula is C29H24FN7O2. The fourth-order valence-electron chi connectivity index (χ4n) is 3.55. The molecule has 1 aliphatic rings. The first kappa shape index (κ1) is 25.4. The summed E-state index contributed by atoms with van der Waals surface area (Å²) in [6.07, 6.45) is 4.97. The summed E-state index contributed by atoms with van der Waals surface area (Å²) in [4.78, 5) is 37.3. The number of halogens is 1. The number of carbonyl (C=O) groups is 2. The van der Waals surface area contributed by atoms with Gasteiger partial charge in [0.2, 0.25) is 5.95 Å². The van der Waals surface area contributed by atoms with Gasteiger partial charge in [-0.15, -0.1) is 0 Å². The maximum Gasteiger partial charge on any atom is 0.256 e. The Labute approximate surface area is 224 Å². The number of benzene rings is 2. The fourth-order valence-corrected chi connectivity index (χ4v) is 3.55. The van der Waals surface area contributed by atoms with Gasteiger partial charge in [0.05, 0.1) is 5.56 Å². The molecule has 194 valence electrons. The van der Waals surface area contributed by atoms with Gasteiger partial charge in [-0.3, -0.25) is 9.59 Å². The lowest BCUT2D eigenvalue weighted by atomic mass is 10.2. The van der Waals surface area contributed by atoms with Gasteiger partial charge < -0.3 is 21.7 Å². The highest BCUT2D eigenvalue weighted by molar-refractivity contribution is 5.98. The van der Waals surface area contributed by atoms with Crippen LogP contribution in [-0.2, 0) is 6.54 Å². The molecule has 0 unspecified atom stereocenters. The van der Waals surface area contributed by atoms with Crippen molar-refractivity contribution in [2.45, 2.75) is 25.4 Å². The minimum absolute atomic E-state index is 0.0205. The van der Waals surface area contributed by atoms with Crippen LogP contribution in [0, 0.1) is 17.7 Å². The number of nitrogen functional groups attached to an aromatic ring is 1. The molecule has 39 heavy (non-hydrogen) atoms. The van der Waals surface area contributed by atoms with Gasteiger partial charge in [-0.2, -0.15) is 4.98 Å². The van der Waals surface area contributed by atoms with E-state index in [1.807, 2.05) is 12.1 Å². The van der Waals surface area contributed by atoms with Gasteiger partial charge in [-0.1, -0.05) is 18.1 Å². The first-order valence-electron chi connectivity index (χ1n) is 12.2. The fraction of sp³-hybridized carbons (Fsp3) is 0.138. The second kappa shape index (κ2) is 11.4. The summed E-state index contributed by atoms with van der Waals surface area (Å²) in [5, 5.41) is 8.71. The van der Waals surface area contributed by atoms with Crippen molar-refractivity contribution >= 4 is 29.3 Å². The minimum Gasteiger partial charge on any atom is -0.383 e. The Balaban J connectivity index is 1.18. The second-order valence-corrected chi connectivity index (χ2v) is 8.93. The lowest BCUT2D eigenvalue weighted by Crippen LogP contribution is -2.25. The van der Waals surface area contributed by atoms with E-state index in [-0.39, 0.29) is 41.6 Å². The molecule has 0 spiro atoms. The highest BCUT2D eigenvalue weighted by atomic mass is 19.1. The Morgan fingerprint density at radius 1 is 0.974 bits per heavy atom. The zero-order valence-corrected chi connectivity index (χ0v) is 20.7. The van der Waals surface area contributed by atoms with E-state index >= 15 is 0 Å². The van der Waals surface area contributed by atoms with Crippen LogP contribution in [0.4, 0.5) is 21.8 Å². The number of hydrogen-bond donors (Lipinski definition) is 4. The van der Waals surface area contributed by atoms with E-state index in [4.69, 9.17) is 5.73 Å². The van der Waals surface area contributed by atoms with Crippen molar-refractivity contribution < 1.29 is 14.0 Å². The monoisotopic (exact) mass is 521 g/mol. The number of nitrogens with one attached hydrogen (secondary N) is 3. The summed E-state index contributed by atoms with van der Waals surface area (Å²) in [7, 11) is 0. The number of aromatic nitrogens is 3. The van der Waals surface area contributed by atoms with Crippen molar-refractivity contribution in [2.24, 2.45) is 0 Å². The maximum atomic E-state index is 13.0. The first-order chi connectivity index (χ1) is 18.9. The average Bonchev–Trinajstić information content (AvgIpc) is 3.76. The molecule has 0 bridgehead atoms. The Morgan fingerprint density at radius 2 is 1.74 bits per heavy atom. The van der Waals surface area contributed by atoms with Crippen molar-refractivity contribution in [3.63, 3.8) is 0 Å². The van der Waals surface area contributed by atoms with E-state index in [1.165, 1.54) is 18.3 Å². The molecule has 0 atom stereocenters. The largest absolute Gasteiger partial charge is 0.383 e. The normalized spacial score (nSPS) is 12.1. The summed E-state index contributed by atoms with van der Waals surface area (Å²) in [6.45, 7) is 0.213. The number of nitrogens with zero attached hydrogens (tertiary/aromatic N) is 3. The predicted molar refractivity (Wildman–Crippen MR) is 144 cm³/mol. The van der Waals surface area contributed by atoms with Crippen molar-refractivity contribution in [1.82, 2.24) is 25.6 Å². The molecule has 2 aromatic carbocycles. The Hall–Kier alpha value is -5.30. The number of rotatable bonds is 7. The van der Waals surface area contributed by atoms with E-state index in [0.29, 0.717) is 16.9 Å². The molecule has 1 saturated carbocycles. The third-order valence-corrected chi connectivity index (χ3v) is 5.84. The number of nitrogens with two attached hydrogens (primary N) is 1. The summed E-state index contributed by atoms with van der Waals surface area (Å²) >= 11 is 0. The van der Waals surface area contributed by atoms with Crippen molar-refractivity contribution in [3.8, 4) is 11.8 Å². The highest BCUT2D eigenvalue weighted by Crippen LogP contribution is 2.19. The molecule has 0 saturated heterocycles. The molecule has 5 N–H and O–H groups in total. The van der Waals surface area contributed by atoms with E-state index < -0.39 is 5.91 Å². The third kappa shape index (κ3) is 6.93. The standard InChI is InChI=1S/C29H24FN7O2/c30-21-6-1-19(2-7-21)16-33-28(39)25-17-34-29(37-26(25)31)36-23-8-3-18(4-9-23)5-10-24-15-20(13-14-32-24)27(38)35-22-11-12-22/h1-4,6-9,13-15,17,22H,11-12,16H2,(H,33,39)(H,35,38)(H3,31,34,36,37). The summed E-state index contributed by atoms with van der Waals surface area (Å²) in [5.74, 6) is 5.38. The zero-order valence-electron chi connectivity index (χ0n) is 20.7. The van der Waals surface area contributed by atoms with Crippen LogP contribution in [0.25, 0.3) is 0 Å². The summed E-state index contributed by atoms with van der Waals surface area (Å²) < 4.78 is 13.0. The molecule has 4 aromatic rings. The molecule has 5 rings (SSSR count). The summed E-state index contributed by atoms with van der Waals surface area (Å²) in [6, 6.07) is 16.7. The smallest absolute Gasteiger partial charge is 0.256 e. The van der Waals surface area contributed by atoms with Gasteiger partial charge in [-0.25, -0.2) is 14.4 Å². The second-order valence-electron chi connectivity index (χ2n) is 8.93. The van der Waals surface area contributed by atoms with Crippen LogP contribution < -0.4 is 21.7 Å². The molecule has 0 radical (unpaired) electrons. The van der Waals surface area contributed by atoms with Crippen LogP contribution in [0.15, 0.2) is 73.1 Å². The van der Waals surface area contributed by atoms with Crippen LogP contribution in [-0.4, -0.2) is 32.8 Å². The number of amides is 2. The highest BCUT2D eigenvalue weighted by Gasteiger charge is 2.23. The first-order valence-corrected chi connectivity index (χ1v) is 12.2. The van der Waals surface area contributed by atoms with E-state index in [1.54, 1.807) is 42.6 Å². The van der Waals surface area contributed by atoms with Crippen molar-refractivity contribution in [3.05, 3.63) is 107 Å². The lowest BCUT2D eigenvalue weighted by Gasteiger charge is -2.09. The molecule has 0 aliphatic heterocycles. The Kier molecular flexibility index (Phi) is 7.41. The molecule has 10 heteroatoms. The molecular weight excluding hydrogens is 497 g/mol. The zero-order chi connectivity index (χ0) is 27.2. The van der Waals surface area contributed by atoms with Crippen molar-refractivity contribution in [1.29, 1.82) is 0 Å². The van der Waals surface area contributed by atoms with Crippen LogP contribution in [0.5, 0.6) is 0 Å². The van der Waals surface area contributed by atoms with Crippen LogP contribution >= 0.6 is 0 Å². The van der Waals surface area contributed by atoms with E-state index in [9.17, 15) is 14.0 Å². The predicted octanol–water partition coefficient (Wildman–Crippen LogP) is 3.56. The minimum atomic E-state index is -0.435. The van der Waals surface area contributed by atoms with Gasteiger partial charge in [0.15, 0.2) is 0 Å². The number of carbonyl (C=O) groups excluding carboxylic acids is 2.